The quantitative estimate of drug-likeness (QED) is 0.342. The first-order valence-corrected chi connectivity index (χ1v) is 11.8. The lowest BCUT2D eigenvalue weighted by molar-refractivity contribution is 0.0962. The van der Waals surface area contributed by atoms with Crippen molar-refractivity contribution in [1.82, 2.24) is 14.6 Å². The molecular formula is C27H26ClN3O5. The fourth-order valence-corrected chi connectivity index (χ4v) is 4.93. The molecule has 1 unspecified atom stereocenters. The molecule has 2 aromatic heterocycles. The van der Waals surface area contributed by atoms with Crippen molar-refractivity contribution >= 4 is 23.0 Å². The van der Waals surface area contributed by atoms with Gasteiger partial charge in [-0.3, -0.25) is 4.79 Å². The van der Waals surface area contributed by atoms with Crippen LogP contribution in [0, 0.1) is 0 Å². The first-order chi connectivity index (χ1) is 17.5. The molecule has 9 heteroatoms. The highest BCUT2D eigenvalue weighted by atomic mass is 35.5. The Labute approximate surface area is 213 Å². The van der Waals surface area contributed by atoms with Crippen LogP contribution in [-0.2, 0) is 17.8 Å². The first kappa shape index (κ1) is 24.1. The number of aromatic nitrogens is 3. The average Bonchev–Trinajstić information content (AvgIpc) is 3.24. The molecule has 5 rings (SSSR count). The third-order valence-electron chi connectivity index (χ3n) is 6.51. The average molecular weight is 508 g/mol. The Hall–Kier alpha value is -3.62. The second-order valence-electron chi connectivity index (χ2n) is 8.62. The predicted molar refractivity (Wildman–Crippen MR) is 136 cm³/mol. The van der Waals surface area contributed by atoms with Gasteiger partial charge in [-0.2, -0.15) is 5.10 Å². The van der Waals surface area contributed by atoms with Gasteiger partial charge in [-0.15, -0.1) is 0 Å². The monoisotopic (exact) mass is 507 g/mol. The summed E-state index contributed by atoms with van der Waals surface area (Å²) in [7, 11) is 6.35. The fourth-order valence-electron chi connectivity index (χ4n) is 4.80. The van der Waals surface area contributed by atoms with Gasteiger partial charge >= 0.3 is 0 Å². The molecule has 0 spiro atoms. The van der Waals surface area contributed by atoms with E-state index in [9.17, 15) is 4.79 Å². The lowest BCUT2D eigenvalue weighted by Crippen LogP contribution is -2.21. The van der Waals surface area contributed by atoms with Crippen LogP contribution in [0.15, 0.2) is 42.6 Å². The number of ketones is 1. The van der Waals surface area contributed by atoms with Crippen LogP contribution in [-0.4, -0.2) is 48.8 Å². The molecule has 0 N–H and O–H groups in total. The molecule has 2 aromatic carbocycles. The van der Waals surface area contributed by atoms with Gasteiger partial charge < -0.3 is 18.9 Å². The van der Waals surface area contributed by atoms with Gasteiger partial charge in [-0.05, 0) is 47.7 Å². The van der Waals surface area contributed by atoms with Gasteiger partial charge in [0.1, 0.15) is 0 Å². The van der Waals surface area contributed by atoms with E-state index in [0.717, 1.165) is 28.1 Å². The van der Waals surface area contributed by atoms with Crippen molar-refractivity contribution in [1.29, 1.82) is 0 Å². The smallest absolute Gasteiger partial charge is 0.203 e. The molecule has 0 aliphatic heterocycles. The van der Waals surface area contributed by atoms with Crippen LogP contribution in [0.2, 0.25) is 5.02 Å². The number of fused-ring (bicyclic) bond motifs is 2. The maximum absolute atomic E-state index is 13.3. The van der Waals surface area contributed by atoms with Crippen molar-refractivity contribution in [2.45, 2.75) is 25.4 Å². The highest BCUT2D eigenvalue weighted by Gasteiger charge is 2.31. The second-order valence-corrected chi connectivity index (χ2v) is 9.05. The lowest BCUT2D eigenvalue weighted by Gasteiger charge is -2.24. The summed E-state index contributed by atoms with van der Waals surface area (Å²) < 4.78 is 23.6. The molecule has 4 aromatic rings. The number of ether oxygens (including phenoxy) is 4. The molecule has 0 amide bonds. The standard InChI is InChI=1S/C27H26ClN3O5/c1-33-14-21-25(15-5-7-18(28)8-6-15)27-29-20-9-16(10-22(32)19(20)13-31(27)30-21)17-11-23(34-2)26(36-4)24(12-17)35-3/h5-8,11-13,16H,9-10,14H2,1-4H3. The van der Waals surface area contributed by atoms with Gasteiger partial charge in [-0.1, -0.05) is 23.7 Å². The third kappa shape index (κ3) is 4.16. The Balaban J connectivity index is 1.61. The van der Waals surface area contributed by atoms with Gasteiger partial charge in [0.2, 0.25) is 5.75 Å². The van der Waals surface area contributed by atoms with Crippen LogP contribution < -0.4 is 14.2 Å². The zero-order valence-corrected chi connectivity index (χ0v) is 21.3. The van der Waals surface area contributed by atoms with E-state index < -0.39 is 0 Å². The Morgan fingerprint density at radius 3 is 2.31 bits per heavy atom. The maximum Gasteiger partial charge on any atom is 0.203 e. The minimum absolute atomic E-state index is 0.0150. The minimum atomic E-state index is -0.0889. The number of carbonyl (C=O) groups is 1. The van der Waals surface area contributed by atoms with Crippen LogP contribution in [0.3, 0.4) is 0 Å². The molecule has 1 aliphatic carbocycles. The van der Waals surface area contributed by atoms with E-state index in [2.05, 4.69) is 5.10 Å². The molecule has 0 bridgehead atoms. The van der Waals surface area contributed by atoms with Crippen molar-refractivity contribution < 1.29 is 23.7 Å². The van der Waals surface area contributed by atoms with E-state index in [0.29, 0.717) is 52.9 Å². The van der Waals surface area contributed by atoms with Crippen LogP contribution in [0.1, 0.15) is 39.6 Å². The predicted octanol–water partition coefficient (Wildman–Crippen LogP) is 5.13. The summed E-state index contributed by atoms with van der Waals surface area (Å²) in [4.78, 5) is 18.2. The topological polar surface area (TPSA) is 84.2 Å². The molecule has 36 heavy (non-hydrogen) atoms. The largest absolute Gasteiger partial charge is 0.493 e. The number of Topliss-reactive ketones (excluding diaryl/α,β-unsaturated/α-hetero) is 1. The van der Waals surface area contributed by atoms with Gasteiger partial charge in [0.25, 0.3) is 0 Å². The molecule has 1 atom stereocenters. The van der Waals surface area contributed by atoms with Crippen LogP contribution in [0.25, 0.3) is 16.8 Å². The SMILES string of the molecule is COCc1nn2cc3c(nc2c1-c1ccc(Cl)cc1)CC(c1cc(OC)c(OC)c(OC)c1)CC3=O. The van der Waals surface area contributed by atoms with Gasteiger partial charge in [0, 0.05) is 24.8 Å². The van der Waals surface area contributed by atoms with Crippen LogP contribution in [0.4, 0.5) is 0 Å². The van der Waals surface area contributed by atoms with Gasteiger partial charge in [0.05, 0.1) is 50.5 Å². The highest BCUT2D eigenvalue weighted by Crippen LogP contribution is 2.43. The molecule has 8 nitrogen and oxygen atoms in total. The summed E-state index contributed by atoms with van der Waals surface area (Å²) in [5, 5.41) is 5.33. The summed E-state index contributed by atoms with van der Waals surface area (Å²) in [6.07, 6.45) is 2.71. The molecule has 1 aliphatic rings. The number of hydrogen-bond donors (Lipinski definition) is 0. The minimum Gasteiger partial charge on any atom is -0.493 e. The Kier molecular flexibility index (Phi) is 6.55. The van der Waals surface area contributed by atoms with E-state index in [1.165, 1.54) is 0 Å². The zero-order chi connectivity index (χ0) is 25.4. The number of rotatable bonds is 7. The van der Waals surface area contributed by atoms with Crippen molar-refractivity contribution in [3.8, 4) is 28.4 Å². The summed E-state index contributed by atoms with van der Waals surface area (Å²) in [5.41, 5.74) is 5.44. The van der Waals surface area contributed by atoms with Gasteiger partial charge in [-0.25, -0.2) is 9.50 Å². The molecular weight excluding hydrogens is 482 g/mol. The Bertz CT molecular complexity index is 1420. The summed E-state index contributed by atoms with van der Waals surface area (Å²) in [5.74, 6) is 1.55. The summed E-state index contributed by atoms with van der Waals surface area (Å²) in [6.45, 7) is 0.313. The van der Waals surface area contributed by atoms with Crippen molar-refractivity contribution in [3.63, 3.8) is 0 Å². The molecule has 0 saturated carbocycles. The van der Waals surface area contributed by atoms with E-state index in [1.54, 1.807) is 39.2 Å². The maximum atomic E-state index is 13.3. The van der Waals surface area contributed by atoms with Gasteiger partial charge in [0.15, 0.2) is 22.9 Å². The number of carbonyl (C=O) groups excluding carboxylic acids is 1. The van der Waals surface area contributed by atoms with E-state index in [4.69, 9.17) is 35.5 Å². The summed E-state index contributed by atoms with van der Waals surface area (Å²) >= 11 is 6.12. The van der Waals surface area contributed by atoms with E-state index in [1.807, 2.05) is 36.4 Å². The van der Waals surface area contributed by atoms with Crippen LogP contribution in [0.5, 0.6) is 17.2 Å². The van der Waals surface area contributed by atoms with Crippen LogP contribution >= 0.6 is 11.6 Å². The van der Waals surface area contributed by atoms with Crippen molar-refractivity contribution in [2.24, 2.45) is 0 Å². The normalized spacial score (nSPS) is 15.1. The molecule has 0 fully saturated rings. The molecule has 0 saturated heterocycles. The summed E-state index contributed by atoms with van der Waals surface area (Å²) in [6, 6.07) is 11.3. The lowest BCUT2D eigenvalue weighted by atomic mass is 9.82. The Morgan fingerprint density at radius 1 is 1.00 bits per heavy atom. The number of benzene rings is 2. The number of hydrogen-bond acceptors (Lipinski definition) is 7. The second kappa shape index (κ2) is 9.79. The number of methoxy groups -OCH3 is 4. The highest BCUT2D eigenvalue weighted by molar-refractivity contribution is 6.30. The zero-order valence-electron chi connectivity index (χ0n) is 20.5. The molecule has 0 radical (unpaired) electrons. The molecule has 2 heterocycles. The number of nitrogens with zero attached hydrogens (tertiary/aromatic N) is 3. The fraction of sp³-hybridized carbons (Fsp3) is 0.296. The van der Waals surface area contributed by atoms with Crippen molar-refractivity contribution in [3.05, 3.63) is 70.1 Å². The van der Waals surface area contributed by atoms with Crippen molar-refractivity contribution in [2.75, 3.05) is 28.4 Å². The Morgan fingerprint density at radius 2 is 1.69 bits per heavy atom. The first-order valence-electron chi connectivity index (χ1n) is 11.5. The molecule has 186 valence electrons. The van der Waals surface area contributed by atoms with E-state index >= 15 is 0 Å². The number of halogens is 1. The van der Waals surface area contributed by atoms with E-state index in [-0.39, 0.29) is 11.7 Å². The third-order valence-corrected chi connectivity index (χ3v) is 6.76.